The number of fused-ring (bicyclic) bond motifs is 1. The summed E-state index contributed by atoms with van der Waals surface area (Å²) >= 11 is 0. The molecule has 0 amide bonds. The van der Waals surface area contributed by atoms with Crippen LogP contribution in [0.4, 0.5) is 5.69 Å². The Kier molecular flexibility index (Phi) is 5.14. The zero-order valence-electron chi connectivity index (χ0n) is 13.3. The minimum Gasteiger partial charge on any atom is -0.494 e. The maximum atomic E-state index is 5.94. The molecule has 0 radical (unpaired) electrons. The molecule has 3 N–H and O–H groups in total. The average molecular weight is 309 g/mol. The van der Waals surface area contributed by atoms with Crippen molar-refractivity contribution in [2.75, 3.05) is 18.5 Å². The Labute approximate surface area is 137 Å². The quantitative estimate of drug-likeness (QED) is 0.488. The van der Waals surface area contributed by atoms with Crippen molar-refractivity contribution in [2.24, 2.45) is 10.7 Å². The van der Waals surface area contributed by atoms with Crippen LogP contribution in [0.1, 0.15) is 24.0 Å². The number of nitrogens with two attached hydrogens (primary N) is 1. The standard InChI is InChI=1S/C19H23N3O/c20-19(21-12-5-13-23-18-8-2-1-3-9-18)22-17-11-10-15-6-4-7-16(15)14-17/h1-3,8-11,14H,4-7,12-13H2,(H3,20,21,22). The molecule has 120 valence electrons. The third kappa shape index (κ3) is 4.49. The molecule has 4 nitrogen and oxygen atoms in total. The predicted octanol–water partition coefficient (Wildman–Crippen LogP) is 3.37. The van der Waals surface area contributed by atoms with Gasteiger partial charge in [-0.15, -0.1) is 0 Å². The molecule has 0 aromatic heterocycles. The second-order valence-corrected chi connectivity index (χ2v) is 5.74. The van der Waals surface area contributed by atoms with E-state index in [1.54, 1.807) is 0 Å². The third-order valence-corrected chi connectivity index (χ3v) is 3.97. The fraction of sp³-hybridized carbons (Fsp3) is 0.316. The average Bonchev–Trinajstić information content (AvgIpc) is 3.03. The van der Waals surface area contributed by atoms with Gasteiger partial charge in [0.1, 0.15) is 5.75 Å². The predicted molar refractivity (Wildman–Crippen MR) is 95.1 cm³/mol. The molecule has 2 aromatic carbocycles. The van der Waals surface area contributed by atoms with Gasteiger partial charge >= 0.3 is 0 Å². The second-order valence-electron chi connectivity index (χ2n) is 5.74. The maximum absolute atomic E-state index is 5.94. The van der Waals surface area contributed by atoms with E-state index >= 15 is 0 Å². The van der Waals surface area contributed by atoms with E-state index in [9.17, 15) is 0 Å². The highest BCUT2D eigenvalue weighted by molar-refractivity contribution is 5.92. The summed E-state index contributed by atoms with van der Waals surface area (Å²) in [5, 5.41) is 3.17. The monoisotopic (exact) mass is 309 g/mol. The summed E-state index contributed by atoms with van der Waals surface area (Å²) in [5.41, 5.74) is 9.85. The fourth-order valence-corrected chi connectivity index (χ4v) is 2.81. The molecule has 0 spiro atoms. The van der Waals surface area contributed by atoms with Gasteiger partial charge in [0.15, 0.2) is 5.96 Å². The lowest BCUT2D eigenvalue weighted by atomic mass is 10.1. The van der Waals surface area contributed by atoms with Crippen LogP contribution in [0, 0.1) is 0 Å². The van der Waals surface area contributed by atoms with Crippen molar-refractivity contribution in [3.8, 4) is 5.75 Å². The molecule has 0 saturated heterocycles. The van der Waals surface area contributed by atoms with Gasteiger partial charge in [-0.05, 0) is 54.7 Å². The van der Waals surface area contributed by atoms with E-state index in [-0.39, 0.29) is 0 Å². The van der Waals surface area contributed by atoms with E-state index in [4.69, 9.17) is 10.5 Å². The molecule has 2 aromatic rings. The van der Waals surface area contributed by atoms with E-state index in [0.29, 0.717) is 19.1 Å². The number of nitrogens with one attached hydrogen (secondary N) is 1. The highest BCUT2D eigenvalue weighted by Gasteiger charge is 2.10. The first-order chi connectivity index (χ1) is 11.3. The van der Waals surface area contributed by atoms with Gasteiger partial charge in [0, 0.05) is 18.7 Å². The smallest absolute Gasteiger partial charge is 0.193 e. The molecule has 0 fully saturated rings. The minimum atomic E-state index is 0.461. The second kappa shape index (κ2) is 7.68. The molecule has 23 heavy (non-hydrogen) atoms. The van der Waals surface area contributed by atoms with Gasteiger partial charge < -0.3 is 15.8 Å². The normalized spacial score (nSPS) is 13.7. The van der Waals surface area contributed by atoms with Crippen LogP contribution in [-0.4, -0.2) is 19.1 Å². The molecule has 0 heterocycles. The SMILES string of the molecule is NC(=NCCCOc1ccccc1)Nc1ccc2c(c1)CCC2. The Bertz CT molecular complexity index is 668. The highest BCUT2D eigenvalue weighted by Crippen LogP contribution is 2.24. The molecule has 1 aliphatic carbocycles. The molecule has 0 bridgehead atoms. The Morgan fingerprint density at radius 3 is 2.78 bits per heavy atom. The van der Waals surface area contributed by atoms with Crippen molar-refractivity contribution in [1.29, 1.82) is 0 Å². The summed E-state index contributed by atoms with van der Waals surface area (Å²) in [4.78, 5) is 4.35. The van der Waals surface area contributed by atoms with Crippen LogP contribution in [-0.2, 0) is 12.8 Å². The van der Waals surface area contributed by atoms with Gasteiger partial charge in [0.05, 0.1) is 6.61 Å². The summed E-state index contributed by atoms with van der Waals surface area (Å²) in [7, 11) is 0. The third-order valence-electron chi connectivity index (χ3n) is 3.97. The van der Waals surface area contributed by atoms with Gasteiger partial charge in [-0.2, -0.15) is 0 Å². The number of para-hydroxylation sites is 1. The first-order valence-electron chi connectivity index (χ1n) is 8.18. The molecule has 3 rings (SSSR count). The van der Waals surface area contributed by atoms with Crippen molar-refractivity contribution in [2.45, 2.75) is 25.7 Å². The number of aliphatic imine (C=N–C) groups is 1. The van der Waals surface area contributed by atoms with Gasteiger partial charge in [-0.3, -0.25) is 4.99 Å². The van der Waals surface area contributed by atoms with Crippen LogP contribution in [0.15, 0.2) is 53.5 Å². The van der Waals surface area contributed by atoms with Crippen LogP contribution >= 0.6 is 0 Å². The number of hydrogen-bond acceptors (Lipinski definition) is 2. The number of nitrogens with zero attached hydrogens (tertiary/aromatic N) is 1. The molecule has 0 saturated carbocycles. The van der Waals surface area contributed by atoms with Crippen LogP contribution in [0.5, 0.6) is 5.75 Å². The van der Waals surface area contributed by atoms with E-state index in [2.05, 4.69) is 28.5 Å². The topological polar surface area (TPSA) is 59.6 Å². The van der Waals surface area contributed by atoms with Crippen LogP contribution < -0.4 is 15.8 Å². The number of benzene rings is 2. The van der Waals surface area contributed by atoms with Crippen LogP contribution in [0.25, 0.3) is 0 Å². The van der Waals surface area contributed by atoms with Gasteiger partial charge in [-0.1, -0.05) is 24.3 Å². The number of rotatable bonds is 6. The fourth-order valence-electron chi connectivity index (χ4n) is 2.81. The van der Waals surface area contributed by atoms with Crippen molar-refractivity contribution in [1.82, 2.24) is 0 Å². The zero-order valence-corrected chi connectivity index (χ0v) is 13.3. The Hall–Kier alpha value is -2.49. The first kappa shape index (κ1) is 15.4. The summed E-state index contributed by atoms with van der Waals surface area (Å²) in [6.45, 7) is 1.29. The maximum Gasteiger partial charge on any atom is 0.193 e. The summed E-state index contributed by atoms with van der Waals surface area (Å²) < 4.78 is 5.63. The minimum absolute atomic E-state index is 0.461. The molecule has 0 aliphatic heterocycles. The Morgan fingerprint density at radius 1 is 1.09 bits per heavy atom. The molecule has 0 unspecified atom stereocenters. The van der Waals surface area contributed by atoms with Crippen molar-refractivity contribution in [3.63, 3.8) is 0 Å². The van der Waals surface area contributed by atoms with Crippen molar-refractivity contribution < 1.29 is 4.74 Å². The van der Waals surface area contributed by atoms with Crippen molar-refractivity contribution in [3.05, 3.63) is 59.7 Å². The van der Waals surface area contributed by atoms with E-state index in [1.165, 1.54) is 30.4 Å². The van der Waals surface area contributed by atoms with Gasteiger partial charge in [0.2, 0.25) is 0 Å². The Balaban J connectivity index is 1.41. The van der Waals surface area contributed by atoms with Crippen molar-refractivity contribution >= 4 is 11.6 Å². The molecule has 4 heteroatoms. The highest BCUT2D eigenvalue weighted by atomic mass is 16.5. The van der Waals surface area contributed by atoms with Gasteiger partial charge in [-0.25, -0.2) is 0 Å². The van der Waals surface area contributed by atoms with Gasteiger partial charge in [0.25, 0.3) is 0 Å². The van der Waals surface area contributed by atoms with E-state index < -0.39 is 0 Å². The van der Waals surface area contributed by atoms with Crippen LogP contribution in [0.3, 0.4) is 0 Å². The number of ether oxygens (including phenoxy) is 1. The van der Waals surface area contributed by atoms with E-state index in [1.807, 2.05) is 30.3 Å². The largest absolute Gasteiger partial charge is 0.494 e. The number of hydrogen-bond donors (Lipinski definition) is 2. The number of anilines is 1. The van der Waals surface area contributed by atoms with Crippen LogP contribution in [0.2, 0.25) is 0 Å². The molecule has 1 aliphatic rings. The first-order valence-corrected chi connectivity index (χ1v) is 8.18. The molecule has 0 atom stereocenters. The lowest BCUT2D eigenvalue weighted by molar-refractivity contribution is 0.313. The number of aryl methyl sites for hydroxylation is 2. The Morgan fingerprint density at radius 2 is 1.91 bits per heavy atom. The summed E-state index contributed by atoms with van der Waals surface area (Å²) in [6.07, 6.45) is 4.45. The summed E-state index contributed by atoms with van der Waals surface area (Å²) in [6, 6.07) is 16.3. The van der Waals surface area contributed by atoms with E-state index in [0.717, 1.165) is 17.9 Å². The molecular formula is C19H23N3O. The molecular weight excluding hydrogens is 286 g/mol. The summed E-state index contributed by atoms with van der Waals surface area (Å²) in [5.74, 6) is 1.35. The zero-order chi connectivity index (χ0) is 15.9. The lowest BCUT2D eigenvalue weighted by Crippen LogP contribution is -2.23. The lowest BCUT2D eigenvalue weighted by Gasteiger charge is -2.08. The number of guanidine groups is 1.